The van der Waals surface area contributed by atoms with Gasteiger partial charge in [-0.25, -0.2) is 0 Å². The van der Waals surface area contributed by atoms with E-state index in [1.54, 1.807) is 6.07 Å². The van der Waals surface area contributed by atoms with Crippen LogP contribution in [0.25, 0.3) is 0 Å². The number of ether oxygens (including phenoxy) is 1. The third kappa shape index (κ3) is 2.86. The average molecular weight is 307 g/mol. The van der Waals surface area contributed by atoms with E-state index in [0.29, 0.717) is 30.7 Å². The fourth-order valence-corrected chi connectivity index (χ4v) is 2.72. The Kier molecular flexibility index (Phi) is 4.59. The summed E-state index contributed by atoms with van der Waals surface area (Å²) in [5.41, 5.74) is -0.430. The minimum absolute atomic E-state index is 0.00988. The lowest BCUT2D eigenvalue weighted by Crippen LogP contribution is -2.55. The van der Waals surface area contributed by atoms with E-state index in [-0.39, 0.29) is 24.6 Å². The SMILES string of the molecule is CCC1(CC)Oc2ccc(O)cc2N(CCCC(=O)O)C1=O. The van der Waals surface area contributed by atoms with Crippen LogP contribution in [0.15, 0.2) is 18.2 Å². The summed E-state index contributed by atoms with van der Waals surface area (Å²) < 4.78 is 5.92. The Morgan fingerprint density at radius 2 is 2.00 bits per heavy atom. The molecule has 0 unspecified atom stereocenters. The molecule has 1 aliphatic heterocycles. The van der Waals surface area contributed by atoms with Crippen LogP contribution < -0.4 is 9.64 Å². The summed E-state index contributed by atoms with van der Waals surface area (Å²) in [7, 11) is 0. The number of carbonyl (C=O) groups excluding carboxylic acids is 1. The average Bonchev–Trinajstić information content (AvgIpc) is 2.49. The van der Waals surface area contributed by atoms with Gasteiger partial charge < -0.3 is 19.8 Å². The summed E-state index contributed by atoms with van der Waals surface area (Å²) in [5.74, 6) is -0.495. The molecule has 1 amide bonds. The molecule has 0 spiro atoms. The summed E-state index contributed by atoms with van der Waals surface area (Å²) in [6, 6.07) is 4.63. The van der Waals surface area contributed by atoms with Crippen LogP contribution in [0.1, 0.15) is 39.5 Å². The van der Waals surface area contributed by atoms with E-state index in [2.05, 4.69) is 0 Å². The number of hydrogen-bond donors (Lipinski definition) is 2. The molecule has 0 saturated carbocycles. The summed E-state index contributed by atoms with van der Waals surface area (Å²) in [4.78, 5) is 25.1. The first-order valence-corrected chi connectivity index (χ1v) is 7.49. The third-order valence-electron chi connectivity index (χ3n) is 4.09. The van der Waals surface area contributed by atoms with E-state index in [0.717, 1.165) is 0 Å². The Hall–Kier alpha value is -2.24. The molecule has 0 aromatic heterocycles. The molecule has 0 radical (unpaired) electrons. The van der Waals surface area contributed by atoms with Crippen LogP contribution in [0.5, 0.6) is 11.5 Å². The number of hydrogen-bond acceptors (Lipinski definition) is 4. The predicted molar refractivity (Wildman–Crippen MR) is 81.3 cm³/mol. The van der Waals surface area contributed by atoms with Crippen molar-refractivity contribution in [2.45, 2.75) is 45.1 Å². The highest BCUT2D eigenvalue weighted by molar-refractivity contribution is 6.03. The van der Waals surface area contributed by atoms with Crippen LogP contribution in [0.3, 0.4) is 0 Å². The molecule has 6 heteroatoms. The number of amides is 1. The summed E-state index contributed by atoms with van der Waals surface area (Å²) >= 11 is 0. The number of nitrogens with zero attached hydrogens (tertiary/aromatic N) is 1. The van der Waals surface area contributed by atoms with Gasteiger partial charge >= 0.3 is 5.97 Å². The zero-order chi connectivity index (χ0) is 16.3. The maximum Gasteiger partial charge on any atom is 0.303 e. The fraction of sp³-hybridized carbons (Fsp3) is 0.500. The minimum Gasteiger partial charge on any atom is -0.508 e. The van der Waals surface area contributed by atoms with Gasteiger partial charge in [0, 0.05) is 19.0 Å². The predicted octanol–water partition coefficient (Wildman–Crippen LogP) is 2.54. The first-order valence-electron chi connectivity index (χ1n) is 7.49. The molecule has 6 nitrogen and oxygen atoms in total. The van der Waals surface area contributed by atoms with Crippen molar-refractivity contribution in [1.29, 1.82) is 0 Å². The Morgan fingerprint density at radius 1 is 1.32 bits per heavy atom. The number of fused-ring (bicyclic) bond motifs is 1. The number of phenols is 1. The molecule has 1 aromatic rings. The monoisotopic (exact) mass is 307 g/mol. The van der Waals surface area contributed by atoms with Crippen molar-refractivity contribution < 1.29 is 24.5 Å². The second kappa shape index (κ2) is 6.25. The number of carboxylic acids is 1. The minimum atomic E-state index is -0.923. The zero-order valence-electron chi connectivity index (χ0n) is 12.8. The highest BCUT2D eigenvalue weighted by Crippen LogP contribution is 2.42. The number of phenolic OH excluding ortho intramolecular Hbond substituents is 1. The molecule has 1 heterocycles. The quantitative estimate of drug-likeness (QED) is 0.843. The smallest absolute Gasteiger partial charge is 0.303 e. The molecule has 2 rings (SSSR count). The number of carbonyl (C=O) groups is 2. The van der Waals surface area contributed by atoms with Gasteiger partial charge in [-0.15, -0.1) is 0 Å². The highest BCUT2D eigenvalue weighted by atomic mass is 16.5. The molecular weight excluding hydrogens is 286 g/mol. The lowest BCUT2D eigenvalue weighted by atomic mass is 9.92. The van der Waals surface area contributed by atoms with Gasteiger partial charge in [-0.3, -0.25) is 9.59 Å². The van der Waals surface area contributed by atoms with E-state index >= 15 is 0 Å². The summed E-state index contributed by atoms with van der Waals surface area (Å²) in [5, 5.41) is 18.4. The van der Waals surface area contributed by atoms with Crippen molar-refractivity contribution >= 4 is 17.6 Å². The lowest BCUT2D eigenvalue weighted by molar-refractivity contribution is -0.138. The number of aromatic hydroxyl groups is 1. The molecule has 1 aromatic carbocycles. The van der Waals surface area contributed by atoms with Crippen LogP contribution in [-0.4, -0.2) is 34.2 Å². The van der Waals surface area contributed by atoms with E-state index in [9.17, 15) is 14.7 Å². The highest BCUT2D eigenvalue weighted by Gasteiger charge is 2.45. The largest absolute Gasteiger partial charge is 0.508 e. The van der Waals surface area contributed by atoms with Gasteiger partial charge in [-0.05, 0) is 31.4 Å². The van der Waals surface area contributed by atoms with E-state index in [1.807, 2.05) is 13.8 Å². The van der Waals surface area contributed by atoms with Crippen LogP contribution in [0.4, 0.5) is 5.69 Å². The lowest BCUT2D eigenvalue weighted by Gasteiger charge is -2.42. The van der Waals surface area contributed by atoms with Crippen molar-refractivity contribution in [3.63, 3.8) is 0 Å². The van der Waals surface area contributed by atoms with Crippen LogP contribution in [-0.2, 0) is 9.59 Å². The molecule has 0 aliphatic carbocycles. The third-order valence-corrected chi connectivity index (χ3v) is 4.09. The van der Waals surface area contributed by atoms with Gasteiger partial charge in [0.05, 0.1) is 5.69 Å². The number of carboxylic acid groups (broad SMARTS) is 1. The molecule has 120 valence electrons. The van der Waals surface area contributed by atoms with Crippen molar-refractivity contribution in [2.75, 3.05) is 11.4 Å². The zero-order valence-corrected chi connectivity index (χ0v) is 12.8. The Bertz CT molecular complexity index is 580. The second-order valence-corrected chi connectivity index (χ2v) is 5.41. The Morgan fingerprint density at radius 3 is 2.59 bits per heavy atom. The Balaban J connectivity index is 2.37. The van der Waals surface area contributed by atoms with Crippen molar-refractivity contribution in [3.8, 4) is 11.5 Å². The van der Waals surface area contributed by atoms with Gasteiger partial charge in [-0.2, -0.15) is 0 Å². The van der Waals surface area contributed by atoms with Crippen LogP contribution in [0.2, 0.25) is 0 Å². The number of rotatable bonds is 6. The first kappa shape index (κ1) is 16.1. The maximum absolute atomic E-state index is 12.8. The van der Waals surface area contributed by atoms with Gasteiger partial charge in [-0.1, -0.05) is 13.8 Å². The normalized spacial score (nSPS) is 16.1. The van der Waals surface area contributed by atoms with Crippen molar-refractivity contribution in [3.05, 3.63) is 18.2 Å². The number of aliphatic carboxylic acids is 1. The molecule has 0 fully saturated rings. The molecular formula is C16H21NO5. The molecule has 22 heavy (non-hydrogen) atoms. The van der Waals surface area contributed by atoms with Gasteiger partial charge in [0.15, 0.2) is 5.60 Å². The first-order chi connectivity index (χ1) is 10.4. The molecule has 0 saturated heterocycles. The van der Waals surface area contributed by atoms with Gasteiger partial charge in [0.25, 0.3) is 5.91 Å². The van der Waals surface area contributed by atoms with E-state index in [4.69, 9.17) is 9.84 Å². The number of benzene rings is 1. The Labute approximate surface area is 129 Å². The van der Waals surface area contributed by atoms with E-state index in [1.165, 1.54) is 17.0 Å². The standard InChI is InChI=1S/C16H21NO5/c1-3-16(4-2)15(21)17(9-5-6-14(19)20)12-10-11(18)7-8-13(12)22-16/h7-8,10,18H,3-6,9H2,1-2H3,(H,19,20). The molecule has 0 atom stereocenters. The van der Waals surface area contributed by atoms with E-state index < -0.39 is 11.6 Å². The maximum atomic E-state index is 12.8. The van der Waals surface area contributed by atoms with Crippen molar-refractivity contribution in [1.82, 2.24) is 0 Å². The molecule has 0 bridgehead atoms. The molecule has 1 aliphatic rings. The van der Waals surface area contributed by atoms with Crippen LogP contribution >= 0.6 is 0 Å². The van der Waals surface area contributed by atoms with Crippen molar-refractivity contribution in [2.24, 2.45) is 0 Å². The second-order valence-electron chi connectivity index (χ2n) is 5.41. The van der Waals surface area contributed by atoms with Gasteiger partial charge in [0.1, 0.15) is 11.5 Å². The molecule has 2 N–H and O–H groups in total. The fourth-order valence-electron chi connectivity index (χ4n) is 2.72. The van der Waals surface area contributed by atoms with Gasteiger partial charge in [0.2, 0.25) is 0 Å². The number of anilines is 1. The summed E-state index contributed by atoms with van der Waals surface area (Å²) in [6.07, 6.45) is 1.39. The topological polar surface area (TPSA) is 87.1 Å². The van der Waals surface area contributed by atoms with Crippen LogP contribution in [0, 0.1) is 0 Å². The summed E-state index contributed by atoms with van der Waals surface area (Å²) in [6.45, 7) is 4.07.